The van der Waals surface area contributed by atoms with Crippen LogP contribution >= 0.6 is 0 Å². The molecule has 21 heavy (non-hydrogen) atoms. The van der Waals surface area contributed by atoms with Crippen molar-refractivity contribution in [3.63, 3.8) is 0 Å². The highest BCUT2D eigenvalue weighted by atomic mass is 16.5. The fourth-order valence-electron chi connectivity index (χ4n) is 2.44. The SMILES string of the molecule is COCc1cc(NC2CCCCNC2=O)n2ncnc2n1. The van der Waals surface area contributed by atoms with Crippen molar-refractivity contribution in [2.75, 3.05) is 19.0 Å². The van der Waals surface area contributed by atoms with Crippen LogP contribution in [-0.2, 0) is 16.1 Å². The molecular weight excluding hydrogens is 272 g/mol. The average molecular weight is 290 g/mol. The van der Waals surface area contributed by atoms with Crippen molar-refractivity contribution in [1.29, 1.82) is 0 Å². The van der Waals surface area contributed by atoms with E-state index in [1.54, 1.807) is 11.6 Å². The van der Waals surface area contributed by atoms with Gasteiger partial charge < -0.3 is 15.4 Å². The van der Waals surface area contributed by atoms with Crippen LogP contribution < -0.4 is 10.6 Å². The predicted molar refractivity (Wildman–Crippen MR) is 75.8 cm³/mol. The maximum atomic E-state index is 12.0. The summed E-state index contributed by atoms with van der Waals surface area (Å²) in [6.07, 6.45) is 4.25. The van der Waals surface area contributed by atoms with Gasteiger partial charge in [0.05, 0.1) is 12.3 Å². The lowest BCUT2D eigenvalue weighted by atomic mass is 10.1. The minimum atomic E-state index is -0.266. The number of fused-ring (bicyclic) bond motifs is 1. The summed E-state index contributed by atoms with van der Waals surface area (Å²) >= 11 is 0. The maximum absolute atomic E-state index is 12.0. The molecule has 2 N–H and O–H groups in total. The second-order valence-electron chi connectivity index (χ2n) is 5.02. The Hall–Kier alpha value is -2.22. The number of carbonyl (C=O) groups excluding carboxylic acids is 1. The van der Waals surface area contributed by atoms with E-state index in [9.17, 15) is 4.79 Å². The molecule has 1 fully saturated rings. The Kier molecular flexibility index (Phi) is 3.96. The van der Waals surface area contributed by atoms with E-state index in [1.165, 1.54) is 6.33 Å². The van der Waals surface area contributed by atoms with E-state index in [1.807, 2.05) is 6.07 Å². The molecule has 0 aliphatic carbocycles. The number of aromatic nitrogens is 4. The maximum Gasteiger partial charge on any atom is 0.254 e. The van der Waals surface area contributed by atoms with E-state index < -0.39 is 0 Å². The third-order valence-corrected chi connectivity index (χ3v) is 3.45. The molecule has 3 heterocycles. The molecule has 2 aromatic heterocycles. The van der Waals surface area contributed by atoms with E-state index in [4.69, 9.17) is 4.74 Å². The first-order valence-electron chi connectivity index (χ1n) is 7.01. The van der Waals surface area contributed by atoms with Crippen LogP contribution in [0.1, 0.15) is 25.0 Å². The number of methoxy groups -OCH3 is 1. The van der Waals surface area contributed by atoms with Crippen molar-refractivity contribution < 1.29 is 9.53 Å². The van der Waals surface area contributed by atoms with Gasteiger partial charge in [-0.15, -0.1) is 0 Å². The standard InChI is InChI=1S/C13H18N6O2/c1-21-7-9-6-11(19-13(17-9)15-8-16-19)18-10-4-2-3-5-14-12(10)20/h6,8,10,18H,2-5,7H2,1H3,(H,14,20). The molecule has 8 heteroatoms. The molecule has 1 atom stereocenters. The van der Waals surface area contributed by atoms with Gasteiger partial charge in [0.2, 0.25) is 5.91 Å². The van der Waals surface area contributed by atoms with Gasteiger partial charge >= 0.3 is 0 Å². The Balaban J connectivity index is 1.90. The van der Waals surface area contributed by atoms with Crippen LogP contribution in [-0.4, -0.2) is 45.2 Å². The van der Waals surface area contributed by atoms with E-state index in [0.29, 0.717) is 18.2 Å². The second-order valence-corrected chi connectivity index (χ2v) is 5.02. The quantitative estimate of drug-likeness (QED) is 0.844. The second kappa shape index (κ2) is 6.04. The van der Waals surface area contributed by atoms with Gasteiger partial charge in [-0.1, -0.05) is 0 Å². The summed E-state index contributed by atoms with van der Waals surface area (Å²) in [7, 11) is 1.61. The monoisotopic (exact) mass is 290 g/mol. The predicted octanol–water partition coefficient (Wildman–Crippen LogP) is 0.351. The Morgan fingerprint density at radius 3 is 3.29 bits per heavy atom. The van der Waals surface area contributed by atoms with Crippen molar-refractivity contribution in [3.8, 4) is 0 Å². The molecule has 2 aromatic rings. The summed E-state index contributed by atoms with van der Waals surface area (Å²) in [5, 5.41) is 10.3. The van der Waals surface area contributed by atoms with Crippen LogP contribution in [0.2, 0.25) is 0 Å². The van der Waals surface area contributed by atoms with Crippen LogP contribution in [0.3, 0.4) is 0 Å². The lowest BCUT2D eigenvalue weighted by molar-refractivity contribution is -0.121. The molecule has 0 radical (unpaired) electrons. The van der Waals surface area contributed by atoms with Gasteiger partial charge in [-0.05, 0) is 19.3 Å². The third-order valence-electron chi connectivity index (χ3n) is 3.45. The van der Waals surface area contributed by atoms with Crippen molar-refractivity contribution in [3.05, 3.63) is 18.1 Å². The zero-order chi connectivity index (χ0) is 14.7. The van der Waals surface area contributed by atoms with E-state index in [0.717, 1.165) is 31.5 Å². The van der Waals surface area contributed by atoms with Gasteiger partial charge in [0.1, 0.15) is 18.2 Å². The lowest BCUT2D eigenvalue weighted by Gasteiger charge is -2.17. The number of hydrogen-bond acceptors (Lipinski definition) is 6. The van der Waals surface area contributed by atoms with E-state index in [2.05, 4.69) is 25.7 Å². The molecule has 0 spiro atoms. The lowest BCUT2D eigenvalue weighted by Crippen LogP contribution is -2.38. The molecule has 1 amide bonds. The van der Waals surface area contributed by atoms with Gasteiger partial charge in [-0.25, -0.2) is 4.98 Å². The number of carbonyl (C=O) groups is 1. The van der Waals surface area contributed by atoms with E-state index >= 15 is 0 Å². The Morgan fingerprint density at radius 1 is 1.52 bits per heavy atom. The van der Waals surface area contributed by atoms with Crippen LogP contribution in [0.15, 0.2) is 12.4 Å². The molecule has 0 saturated carbocycles. The van der Waals surface area contributed by atoms with Crippen molar-refractivity contribution >= 4 is 17.5 Å². The summed E-state index contributed by atoms with van der Waals surface area (Å²) in [5.41, 5.74) is 0.745. The van der Waals surface area contributed by atoms with Crippen molar-refractivity contribution in [2.45, 2.75) is 31.9 Å². The summed E-state index contributed by atoms with van der Waals surface area (Å²) in [6.45, 7) is 1.12. The van der Waals surface area contributed by atoms with Gasteiger partial charge in [0, 0.05) is 19.7 Å². The van der Waals surface area contributed by atoms with Gasteiger partial charge in [-0.2, -0.15) is 14.6 Å². The molecular formula is C13H18N6O2. The largest absolute Gasteiger partial charge is 0.378 e. The van der Waals surface area contributed by atoms with Crippen LogP contribution in [0.25, 0.3) is 5.78 Å². The Morgan fingerprint density at radius 2 is 2.43 bits per heavy atom. The van der Waals surface area contributed by atoms with Gasteiger partial charge in [0.15, 0.2) is 0 Å². The highest BCUT2D eigenvalue weighted by Crippen LogP contribution is 2.16. The molecule has 0 aromatic carbocycles. The smallest absolute Gasteiger partial charge is 0.254 e. The van der Waals surface area contributed by atoms with Crippen LogP contribution in [0, 0.1) is 0 Å². The fraction of sp³-hybridized carbons (Fsp3) is 0.538. The number of nitrogens with zero attached hydrogens (tertiary/aromatic N) is 4. The van der Waals surface area contributed by atoms with Crippen molar-refractivity contribution in [2.24, 2.45) is 0 Å². The van der Waals surface area contributed by atoms with Gasteiger partial charge in [0.25, 0.3) is 5.78 Å². The summed E-state index contributed by atoms with van der Waals surface area (Å²) < 4.78 is 6.71. The topological polar surface area (TPSA) is 93.4 Å². The normalized spacial score (nSPS) is 19.3. The summed E-state index contributed by atoms with van der Waals surface area (Å²) in [6, 6.07) is 1.57. The number of amides is 1. The molecule has 1 aliphatic rings. The van der Waals surface area contributed by atoms with Crippen LogP contribution in [0.5, 0.6) is 0 Å². The van der Waals surface area contributed by atoms with Crippen LogP contribution in [0.4, 0.5) is 5.82 Å². The molecule has 1 aliphatic heterocycles. The molecule has 1 saturated heterocycles. The third kappa shape index (κ3) is 2.94. The zero-order valence-corrected chi connectivity index (χ0v) is 11.9. The number of hydrogen-bond donors (Lipinski definition) is 2. The number of rotatable bonds is 4. The molecule has 0 bridgehead atoms. The summed E-state index contributed by atoms with van der Waals surface area (Å²) in [4.78, 5) is 20.5. The average Bonchev–Trinajstić information content (AvgIpc) is 2.85. The highest BCUT2D eigenvalue weighted by Gasteiger charge is 2.21. The number of ether oxygens (including phenoxy) is 1. The zero-order valence-electron chi connectivity index (χ0n) is 11.9. The van der Waals surface area contributed by atoms with Crippen molar-refractivity contribution in [1.82, 2.24) is 24.9 Å². The highest BCUT2D eigenvalue weighted by molar-refractivity contribution is 5.84. The molecule has 112 valence electrons. The molecule has 1 unspecified atom stereocenters. The first kappa shape index (κ1) is 13.7. The minimum Gasteiger partial charge on any atom is -0.378 e. The summed E-state index contributed by atoms with van der Waals surface area (Å²) in [5.74, 6) is 1.21. The van der Waals surface area contributed by atoms with Gasteiger partial charge in [-0.3, -0.25) is 4.79 Å². The number of anilines is 1. The van der Waals surface area contributed by atoms with E-state index in [-0.39, 0.29) is 11.9 Å². The Labute approximate surface area is 121 Å². The minimum absolute atomic E-state index is 0.0193. The molecule has 8 nitrogen and oxygen atoms in total. The Bertz CT molecular complexity index is 641. The first-order valence-corrected chi connectivity index (χ1v) is 7.01. The first-order chi connectivity index (χ1) is 10.3. The fourth-order valence-corrected chi connectivity index (χ4v) is 2.44. The molecule has 3 rings (SSSR count). The number of nitrogens with one attached hydrogen (secondary N) is 2.